The lowest BCUT2D eigenvalue weighted by Crippen LogP contribution is -2.11. The molecule has 92 valence electrons. The van der Waals surface area contributed by atoms with E-state index in [1.165, 1.54) is 29.9 Å². The first-order chi connectivity index (χ1) is 8.93. The molecule has 0 heterocycles. The van der Waals surface area contributed by atoms with E-state index in [-0.39, 0.29) is 0 Å². The average molecular weight is 254 g/mol. The van der Waals surface area contributed by atoms with Gasteiger partial charge in [0.25, 0.3) is 0 Å². The zero-order chi connectivity index (χ0) is 12.2. The van der Waals surface area contributed by atoms with Crippen molar-refractivity contribution in [2.45, 2.75) is 30.1 Å². The van der Waals surface area contributed by atoms with Crippen molar-refractivity contribution in [3.05, 3.63) is 65.7 Å². The highest BCUT2D eigenvalue weighted by Crippen LogP contribution is 2.35. The standard InChI is InChI=1S/C17H18S/c1-2-10-16(11-3-1)18-13-15-9-6-8-14-7-4-5-12-17(14)15/h1-5,7,10-12,15H,6,8-9,13H2/t15-/m1/s1. The molecule has 0 radical (unpaired) electrons. The van der Waals surface area contributed by atoms with E-state index >= 15 is 0 Å². The molecular weight excluding hydrogens is 236 g/mol. The van der Waals surface area contributed by atoms with Crippen LogP contribution in [0.25, 0.3) is 0 Å². The van der Waals surface area contributed by atoms with Gasteiger partial charge in [-0.3, -0.25) is 0 Å². The van der Waals surface area contributed by atoms with E-state index in [1.54, 1.807) is 11.1 Å². The Kier molecular flexibility index (Phi) is 3.70. The summed E-state index contributed by atoms with van der Waals surface area (Å²) in [5, 5.41) is 0. The summed E-state index contributed by atoms with van der Waals surface area (Å²) in [7, 11) is 0. The Labute approximate surface area is 113 Å². The molecule has 0 saturated heterocycles. The van der Waals surface area contributed by atoms with Crippen molar-refractivity contribution in [1.82, 2.24) is 0 Å². The quantitative estimate of drug-likeness (QED) is 0.702. The van der Waals surface area contributed by atoms with Crippen LogP contribution < -0.4 is 0 Å². The van der Waals surface area contributed by atoms with Crippen LogP contribution in [0.15, 0.2) is 59.5 Å². The molecule has 1 aliphatic carbocycles. The van der Waals surface area contributed by atoms with Gasteiger partial charge in [0.2, 0.25) is 0 Å². The van der Waals surface area contributed by atoms with E-state index in [9.17, 15) is 0 Å². The van der Waals surface area contributed by atoms with Crippen molar-refractivity contribution in [1.29, 1.82) is 0 Å². The minimum Gasteiger partial charge on any atom is -0.126 e. The van der Waals surface area contributed by atoms with Crippen LogP contribution in [0, 0.1) is 0 Å². The Morgan fingerprint density at radius 1 is 0.944 bits per heavy atom. The second kappa shape index (κ2) is 5.62. The summed E-state index contributed by atoms with van der Waals surface area (Å²) in [5.41, 5.74) is 3.16. The molecule has 2 aromatic rings. The molecule has 0 fully saturated rings. The highest BCUT2D eigenvalue weighted by Gasteiger charge is 2.19. The molecule has 1 aliphatic rings. The monoisotopic (exact) mass is 254 g/mol. The Morgan fingerprint density at radius 3 is 2.61 bits per heavy atom. The van der Waals surface area contributed by atoms with Gasteiger partial charge in [-0.25, -0.2) is 0 Å². The summed E-state index contributed by atoms with van der Waals surface area (Å²) >= 11 is 1.99. The molecule has 0 aromatic heterocycles. The minimum absolute atomic E-state index is 0.736. The summed E-state index contributed by atoms with van der Waals surface area (Å²) in [4.78, 5) is 1.39. The highest BCUT2D eigenvalue weighted by molar-refractivity contribution is 7.99. The first kappa shape index (κ1) is 11.9. The minimum atomic E-state index is 0.736. The van der Waals surface area contributed by atoms with Gasteiger partial charge in [-0.2, -0.15) is 0 Å². The maximum atomic E-state index is 2.32. The summed E-state index contributed by atoms with van der Waals surface area (Å²) < 4.78 is 0. The number of hydrogen-bond donors (Lipinski definition) is 0. The van der Waals surface area contributed by atoms with E-state index < -0.39 is 0 Å². The predicted octanol–water partition coefficient (Wildman–Crippen LogP) is 4.90. The van der Waals surface area contributed by atoms with Crippen LogP contribution in [0.5, 0.6) is 0 Å². The van der Waals surface area contributed by atoms with Gasteiger partial charge < -0.3 is 0 Å². The van der Waals surface area contributed by atoms with Crippen LogP contribution in [-0.2, 0) is 6.42 Å². The number of fused-ring (bicyclic) bond motifs is 1. The first-order valence-corrected chi connectivity index (χ1v) is 7.68. The molecule has 3 rings (SSSR count). The molecule has 1 heteroatoms. The fourth-order valence-corrected chi connectivity index (χ4v) is 3.83. The second-order valence-electron chi connectivity index (χ2n) is 4.91. The molecule has 0 bridgehead atoms. The number of benzene rings is 2. The molecule has 0 amide bonds. The van der Waals surface area contributed by atoms with Crippen LogP contribution in [0.3, 0.4) is 0 Å². The Balaban J connectivity index is 1.71. The molecule has 0 nitrogen and oxygen atoms in total. The third-order valence-corrected chi connectivity index (χ3v) is 4.86. The summed E-state index contributed by atoms with van der Waals surface area (Å²) in [6.07, 6.45) is 3.95. The molecule has 0 spiro atoms. The van der Waals surface area contributed by atoms with Gasteiger partial charge >= 0.3 is 0 Å². The smallest absolute Gasteiger partial charge is 0.00721 e. The van der Waals surface area contributed by atoms with Crippen molar-refractivity contribution < 1.29 is 0 Å². The van der Waals surface area contributed by atoms with Gasteiger partial charge in [0.05, 0.1) is 0 Å². The van der Waals surface area contributed by atoms with Gasteiger partial charge in [-0.15, -0.1) is 11.8 Å². The molecule has 0 aliphatic heterocycles. The normalized spacial score (nSPS) is 18.3. The molecule has 0 unspecified atom stereocenters. The van der Waals surface area contributed by atoms with Gasteiger partial charge in [0.1, 0.15) is 0 Å². The molecule has 2 aromatic carbocycles. The molecular formula is C17H18S. The first-order valence-electron chi connectivity index (χ1n) is 6.69. The van der Waals surface area contributed by atoms with Crippen molar-refractivity contribution in [3.8, 4) is 0 Å². The predicted molar refractivity (Wildman–Crippen MR) is 79.3 cm³/mol. The highest BCUT2D eigenvalue weighted by atomic mass is 32.2. The third-order valence-electron chi connectivity index (χ3n) is 3.69. The van der Waals surface area contributed by atoms with Gasteiger partial charge in [0, 0.05) is 10.6 Å². The Morgan fingerprint density at radius 2 is 1.72 bits per heavy atom. The zero-order valence-electron chi connectivity index (χ0n) is 10.5. The van der Waals surface area contributed by atoms with Gasteiger partial charge in [-0.05, 0) is 48.4 Å². The largest absolute Gasteiger partial charge is 0.126 e. The van der Waals surface area contributed by atoms with E-state index in [0.29, 0.717) is 0 Å². The van der Waals surface area contributed by atoms with Crippen molar-refractivity contribution in [3.63, 3.8) is 0 Å². The van der Waals surface area contributed by atoms with E-state index in [0.717, 1.165) is 5.92 Å². The summed E-state index contributed by atoms with van der Waals surface area (Å²) in [6.45, 7) is 0. The molecule has 18 heavy (non-hydrogen) atoms. The number of thioether (sulfide) groups is 1. The fourth-order valence-electron chi connectivity index (χ4n) is 2.74. The van der Waals surface area contributed by atoms with Gasteiger partial charge in [-0.1, -0.05) is 42.5 Å². The maximum Gasteiger partial charge on any atom is 0.00721 e. The van der Waals surface area contributed by atoms with Crippen LogP contribution >= 0.6 is 11.8 Å². The lowest BCUT2D eigenvalue weighted by molar-refractivity contribution is 0.596. The third kappa shape index (κ3) is 2.62. The number of hydrogen-bond acceptors (Lipinski definition) is 1. The van der Waals surface area contributed by atoms with Crippen molar-refractivity contribution in [2.75, 3.05) is 5.75 Å². The maximum absolute atomic E-state index is 2.32. The molecule has 1 atom stereocenters. The van der Waals surface area contributed by atoms with Crippen LogP contribution in [-0.4, -0.2) is 5.75 Å². The van der Waals surface area contributed by atoms with E-state index in [4.69, 9.17) is 0 Å². The Bertz CT molecular complexity index is 504. The lowest BCUT2D eigenvalue weighted by atomic mass is 9.84. The molecule has 0 saturated carbocycles. The van der Waals surface area contributed by atoms with Crippen molar-refractivity contribution in [2.24, 2.45) is 0 Å². The second-order valence-corrected chi connectivity index (χ2v) is 6.01. The number of aryl methyl sites for hydroxylation is 1. The van der Waals surface area contributed by atoms with Crippen LogP contribution in [0.1, 0.15) is 29.9 Å². The van der Waals surface area contributed by atoms with E-state index in [2.05, 4.69) is 54.6 Å². The lowest BCUT2D eigenvalue weighted by Gasteiger charge is -2.25. The Hall–Kier alpha value is -1.21. The zero-order valence-corrected chi connectivity index (χ0v) is 11.3. The van der Waals surface area contributed by atoms with Crippen molar-refractivity contribution >= 4 is 11.8 Å². The summed E-state index contributed by atoms with van der Waals surface area (Å²) in [5.74, 6) is 1.95. The topological polar surface area (TPSA) is 0 Å². The van der Waals surface area contributed by atoms with Crippen LogP contribution in [0.4, 0.5) is 0 Å². The average Bonchev–Trinajstić information content (AvgIpc) is 2.46. The SMILES string of the molecule is c1ccc(SC[C@H]2CCCc3ccccc32)cc1. The summed E-state index contributed by atoms with van der Waals surface area (Å²) in [6, 6.07) is 19.7. The fraction of sp³-hybridized carbons (Fsp3) is 0.294. The van der Waals surface area contributed by atoms with Gasteiger partial charge in [0.15, 0.2) is 0 Å². The number of rotatable bonds is 3. The van der Waals surface area contributed by atoms with E-state index in [1.807, 2.05) is 11.8 Å². The molecule has 0 N–H and O–H groups in total. The van der Waals surface area contributed by atoms with Crippen LogP contribution in [0.2, 0.25) is 0 Å².